The number of halogens is 1. The normalized spacial score (nSPS) is 17.6. The lowest BCUT2D eigenvalue weighted by molar-refractivity contribution is 0.611. The second-order valence-electron chi connectivity index (χ2n) is 6.35. The van der Waals surface area contributed by atoms with E-state index in [4.69, 9.17) is 11.6 Å². The van der Waals surface area contributed by atoms with Crippen molar-refractivity contribution in [3.05, 3.63) is 41.4 Å². The zero-order chi connectivity index (χ0) is 18.4. The number of nitrogens with one attached hydrogen (secondary N) is 2. The number of anilines is 1. The molecular formula is C18H26ClN7. The predicted molar refractivity (Wildman–Crippen MR) is 106 cm³/mol. The third-order valence-corrected chi connectivity index (χ3v) is 4.82. The zero-order valence-corrected chi connectivity index (χ0v) is 16.1. The Morgan fingerprint density at radius 3 is 3.08 bits per heavy atom. The fraction of sp³-hybridized carbons (Fsp3) is 0.500. The van der Waals surface area contributed by atoms with Crippen molar-refractivity contribution in [3.8, 4) is 0 Å². The summed E-state index contributed by atoms with van der Waals surface area (Å²) in [6.45, 7) is 5.62. The Bertz CT molecular complexity index is 743. The van der Waals surface area contributed by atoms with Crippen LogP contribution in [-0.2, 0) is 13.0 Å². The van der Waals surface area contributed by atoms with Crippen LogP contribution in [0.2, 0.25) is 5.02 Å². The SMILES string of the molecule is CCc1nncn1CCNC(=NC)NC1CCN(c2cccc(Cl)c2)C1. The smallest absolute Gasteiger partial charge is 0.191 e. The van der Waals surface area contributed by atoms with E-state index in [1.54, 1.807) is 13.4 Å². The molecule has 1 saturated heterocycles. The Morgan fingerprint density at radius 1 is 1.42 bits per heavy atom. The number of rotatable bonds is 6. The Morgan fingerprint density at radius 2 is 2.31 bits per heavy atom. The summed E-state index contributed by atoms with van der Waals surface area (Å²) in [5.74, 6) is 1.83. The minimum atomic E-state index is 0.362. The predicted octanol–water partition coefficient (Wildman–Crippen LogP) is 1.94. The van der Waals surface area contributed by atoms with Gasteiger partial charge in [-0.2, -0.15) is 0 Å². The molecule has 2 N–H and O–H groups in total. The first kappa shape index (κ1) is 18.5. The molecule has 1 aromatic heterocycles. The molecule has 0 amide bonds. The van der Waals surface area contributed by atoms with Gasteiger partial charge in [-0.3, -0.25) is 4.99 Å². The summed E-state index contributed by atoms with van der Waals surface area (Å²) < 4.78 is 2.07. The molecule has 2 heterocycles. The molecule has 1 atom stereocenters. The molecule has 1 unspecified atom stereocenters. The molecule has 3 rings (SSSR count). The molecule has 8 heteroatoms. The highest BCUT2D eigenvalue weighted by molar-refractivity contribution is 6.30. The Hall–Kier alpha value is -2.28. The minimum Gasteiger partial charge on any atom is -0.369 e. The summed E-state index contributed by atoms with van der Waals surface area (Å²) in [6.07, 6.45) is 3.73. The van der Waals surface area contributed by atoms with E-state index < -0.39 is 0 Å². The van der Waals surface area contributed by atoms with E-state index in [1.807, 2.05) is 18.2 Å². The van der Waals surface area contributed by atoms with Crippen LogP contribution in [0.1, 0.15) is 19.2 Å². The molecule has 7 nitrogen and oxygen atoms in total. The van der Waals surface area contributed by atoms with Gasteiger partial charge in [0.1, 0.15) is 12.2 Å². The summed E-state index contributed by atoms with van der Waals surface area (Å²) in [5, 5.41) is 15.7. The van der Waals surface area contributed by atoms with Crippen molar-refractivity contribution in [3.63, 3.8) is 0 Å². The molecule has 1 fully saturated rings. The second-order valence-corrected chi connectivity index (χ2v) is 6.79. The average Bonchev–Trinajstić information content (AvgIpc) is 3.30. The second kappa shape index (κ2) is 8.89. The van der Waals surface area contributed by atoms with Gasteiger partial charge >= 0.3 is 0 Å². The summed E-state index contributed by atoms with van der Waals surface area (Å²) in [6, 6.07) is 8.38. The van der Waals surface area contributed by atoms with Crippen LogP contribution in [0.15, 0.2) is 35.6 Å². The highest BCUT2D eigenvalue weighted by Crippen LogP contribution is 2.23. The largest absolute Gasteiger partial charge is 0.369 e. The van der Waals surface area contributed by atoms with Crippen molar-refractivity contribution in [2.24, 2.45) is 4.99 Å². The number of hydrogen-bond acceptors (Lipinski definition) is 4. The Balaban J connectivity index is 1.47. The Labute approximate surface area is 159 Å². The third-order valence-electron chi connectivity index (χ3n) is 4.58. The lowest BCUT2D eigenvalue weighted by atomic mass is 10.3. The van der Waals surface area contributed by atoms with Gasteiger partial charge in [0.2, 0.25) is 0 Å². The van der Waals surface area contributed by atoms with E-state index >= 15 is 0 Å². The lowest BCUT2D eigenvalue weighted by Crippen LogP contribution is -2.45. The fourth-order valence-corrected chi connectivity index (χ4v) is 3.39. The maximum Gasteiger partial charge on any atom is 0.191 e. The van der Waals surface area contributed by atoms with Gasteiger partial charge in [-0.25, -0.2) is 0 Å². The number of aliphatic imine (C=N–C) groups is 1. The van der Waals surface area contributed by atoms with Crippen LogP contribution in [-0.4, -0.2) is 53.4 Å². The molecular weight excluding hydrogens is 350 g/mol. The third kappa shape index (κ3) is 4.66. The standard InChI is InChI=1S/C18H26ClN7/c1-3-17-24-22-13-26(17)10-8-21-18(20-2)23-15-7-9-25(12-15)16-6-4-5-14(19)11-16/h4-6,11,13,15H,3,7-10,12H2,1-2H3,(H2,20,21,23). The van der Waals surface area contributed by atoms with E-state index in [9.17, 15) is 0 Å². The highest BCUT2D eigenvalue weighted by Gasteiger charge is 2.23. The maximum atomic E-state index is 6.11. The van der Waals surface area contributed by atoms with Gasteiger partial charge in [-0.05, 0) is 24.6 Å². The number of nitrogens with zero attached hydrogens (tertiary/aromatic N) is 5. The van der Waals surface area contributed by atoms with Crippen LogP contribution < -0.4 is 15.5 Å². The fourth-order valence-electron chi connectivity index (χ4n) is 3.21. The van der Waals surface area contributed by atoms with Crippen LogP contribution in [0.5, 0.6) is 0 Å². The van der Waals surface area contributed by atoms with Crippen LogP contribution in [0.25, 0.3) is 0 Å². The zero-order valence-electron chi connectivity index (χ0n) is 15.3. The van der Waals surface area contributed by atoms with Crippen molar-refractivity contribution in [1.29, 1.82) is 0 Å². The molecule has 140 valence electrons. The molecule has 0 radical (unpaired) electrons. The summed E-state index contributed by atoms with van der Waals surface area (Å²) in [4.78, 5) is 6.69. The Kier molecular flexibility index (Phi) is 6.33. The molecule has 0 bridgehead atoms. The van der Waals surface area contributed by atoms with E-state index in [0.29, 0.717) is 6.04 Å². The van der Waals surface area contributed by atoms with Crippen LogP contribution in [0.4, 0.5) is 5.69 Å². The average molecular weight is 376 g/mol. The summed E-state index contributed by atoms with van der Waals surface area (Å²) in [5.41, 5.74) is 1.17. The maximum absolute atomic E-state index is 6.11. The number of aryl methyl sites for hydroxylation is 1. The topological polar surface area (TPSA) is 70.4 Å². The number of aromatic nitrogens is 3. The van der Waals surface area contributed by atoms with Crippen molar-refractivity contribution in [1.82, 2.24) is 25.4 Å². The van der Waals surface area contributed by atoms with Crippen molar-refractivity contribution in [2.75, 3.05) is 31.6 Å². The van der Waals surface area contributed by atoms with E-state index in [-0.39, 0.29) is 0 Å². The monoisotopic (exact) mass is 375 g/mol. The molecule has 0 spiro atoms. The van der Waals surface area contributed by atoms with Gasteiger partial charge in [0, 0.05) is 56.4 Å². The summed E-state index contributed by atoms with van der Waals surface area (Å²) in [7, 11) is 1.80. The van der Waals surface area contributed by atoms with Gasteiger partial charge < -0.3 is 20.1 Å². The molecule has 1 aliphatic heterocycles. The highest BCUT2D eigenvalue weighted by atomic mass is 35.5. The van der Waals surface area contributed by atoms with Gasteiger partial charge in [0.25, 0.3) is 0 Å². The van der Waals surface area contributed by atoms with Crippen LogP contribution >= 0.6 is 11.6 Å². The number of hydrogen-bond donors (Lipinski definition) is 2. The first-order valence-corrected chi connectivity index (χ1v) is 9.41. The molecule has 1 aromatic carbocycles. The van der Waals surface area contributed by atoms with Crippen molar-refractivity contribution < 1.29 is 0 Å². The first-order chi connectivity index (χ1) is 12.7. The van der Waals surface area contributed by atoms with Gasteiger partial charge in [0.05, 0.1) is 0 Å². The minimum absolute atomic E-state index is 0.362. The van der Waals surface area contributed by atoms with Crippen LogP contribution in [0.3, 0.4) is 0 Å². The molecule has 26 heavy (non-hydrogen) atoms. The lowest BCUT2D eigenvalue weighted by Gasteiger charge is -2.20. The van der Waals surface area contributed by atoms with Gasteiger partial charge in [-0.15, -0.1) is 10.2 Å². The van der Waals surface area contributed by atoms with E-state index in [2.05, 4.69) is 48.3 Å². The quantitative estimate of drug-likeness (QED) is 0.596. The summed E-state index contributed by atoms with van der Waals surface area (Å²) >= 11 is 6.11. The first-order valence-electron chi connectivity index (χ1n) is 9.04. The molecule has 1 aliphatic rings. The number of benzene rings is 1. The van der Waals surface area contributed by atoms with E-state index in [1.165, 1.54) is 5.69 Å². The van der Waals surface area contributed by atoms with Gasteiger partial charge in [0.15, 0.2) is 5.96 Å². The van der Waals surface area contributed by atoms with Crippen molar-refractivity contribution in [2.45, 2.75) is 32.4 Å². The van der Waals surface area contributed by atoms with Crippen LogP contribution in [0, 0.1) is 0 Å². The number of guanidine groups is 1. The molecule has 2 aromatic rings. The molecule has 0 aliphatic carbocycles. The van der Waals surface area contributed by atoms with E-state index in [0.717, 1.165) is 55.8 Å². The van der Waals surface area contributed by atoms with Gasteiger partial charge in [-0.1, -0.05) is 24.6 Å². The molecule has 0 saturated carbocycles. The van der Waals surface area contributed by atoms with Crippen molar-refractivity contribution >= 4 is 23.2 Å².